The van der Waals surface area contributed by atoms with Crippen LogP contribution in [0.3, 0.4) is 0 Å². The zero-order valence-corrected chi connectivity index (χ0v) is 11.1. The van der Waals surface area contributed by atoms with E-state index in [1.165, 1.54) is 0 Å². The normalized spacial score (nSPS) is 12.1. The maximum atomic E-state index is 9.34. The fourth-order valence-electron chi connectivity index (χ4n) is 1.92. The number of hydrogen-bond donors (Lipinski definition) is 5. The molecule has 2 aromatic rings. The van der Waals surface area contributed by atoms with Crippen LogP contribution >= 0.6 is 0 Å². The average molecular weight is 273 g/mol. The molecule has 0 saturated heterocycles. The molecule has 1 unspecified atom stereocenters. The van der Waals surface area contributed by atoms with E-state index in [4.69, 9.17) is 16.6 Å². The van der Waals surface area contributed by atoms with Crippen molar-refractivity contribution in [1.29, 1.82) is 0 Å². The van der Waals surface area contributed by atoms with Crippen LogP contribution in [-0.4, -0.2) is 29.5 Å². The summed E-state index contributed by atoms with van der Waals surface area (Å²) in [4.78, 5) is 0. The molecule has 0 spiro atoms. The molecule has 2 aromatic carbocycles. The van der Waals surface area contributed by atoms with Crippen molar-refractivity contribution >= 4 is 17.1 Å². The predicted octanol–water partition coefficient (Wildman–Crippen LogP) is 1.28. The van der Waals surface area contributed by atoms with Crippen LogP contribution < -0.4 is 16.8 Å². The third-order valence-corrected chi connectivity index (χ3v) is 3.00. The molecule has 0 aliphatic carbocycles. The standard InChI is InChI=1S/C15H19N3O2/c16-11-3-1-2-10(6-11)14-7-12(4-5-15(14)17)18-8-13(20)9-19/h1-7,13,18-20H,8-9,16-17H2. The van der Waals surface area contributed by atoms with Crippen LogP contribution in [0.1, 0.15) is 0 Å². The highest BCUT2D eigenvalue weighted by Crippen LogP contribution is 2.29. The van der Waals surface area contributed by atoms with Gasteiger partial charge in [-0.15, -0.1) is 0 Å². The summed E-state index contributed by atoms with van der Waals surface area (Å²) in [5, 5.41) is 21.2. The van der Waals surface area contributed by atoms with E-state index in [1.54, 1.807) is 6.07 Å². The van der Waals surface area contributed by atoms with Crippen LogP contribution in [-0.2, 0) is 0 Å². The fraction of sp³-hybridized carbons (Fsp3) is 0.200. The number of aliphatic hydroxyl groups excluding tert-OH is 2. The van der Waals surface area contributed by atoms with Crippen molar-refractivity contribution in [2.75, 3.05) is 29.9 Å². The average Bonchev–Trinajstić information content (AvgIpc) is 2.46. The SMILES string of the molecule is Nc1cccc(-c2cc(NCC(O)CO)ccc2N)c1. The van der Waals surface area contributed by atoms with Gasteiger partial charge in [-0.2, -0.15) is 0 Å². The Morgan fingerprint density at radius 2 is 1.90 bits per heavy atom. The first-order valence-corrected chi connectivity index (χ1v) is 6.38. The van der Waals surface area contributed by atoms with Crippen molar-refractivity contribution in [2.45, 2.75) is 6.10 Å². The van der Waals surface area contributed by atoms with Crippen molar-refractivity contribution in [3.8, 4) is 11.1 Å². The Balaban J connectivity index is 2.25. The zero-order chi connectivity index (χ0) is 14.5. The van der Waals surface area contributed by atoms with Crippen LogP contribution in [0.5, 0.6) is 0 Å². The molecule has 0 bridgehead atoms. The smallest absolute Gasteiger partial charge is 0.0942 e. The summed E-state index contributed by atoms with van der Waals surface area (Å²) in [7, 11) is 0. The lowest BCUT2D eigenvalue weighted by molar-refractivity contribution is 0.105. The summed E-state index contributed by atoms with van der Waals surface area (Å²) < 4.78 is 0. The van der Waals surface area contributed by atoms with Gasteiger partial charge in [-0.05, 0) is 35.9 Å². The van der Waals surface area contributed by atoms with E-state index in [9.17, 15) is 5.11 Å². The lowest BCUT2D eigenvalue weighted by Crippen LogP contribution is -2.22. The molecule has 20 heavy (non-hydrogen) atoms. The van der Waals surface area contributed by atoms with Gasteiger partial charge in [0.25, 0.3) is 0 Å². The van der Waals surface area contributed by atoms with E-state index in [2.05, 4.69) is 5.32 Å². The maximum Gasteiger partial charge on any atom is 0.0942 e. The molecule has 0 saturated carbocycles. The Bertz CT molecular complexity index is 587. The Morgan fingerprint density at radius 3 is 2.60 bits per heavy atom. The van der Waals surface area contributed by atoms with Crippen molar-refractivity contribution in [3.63, 3.8) is 0 Å². The number of aliphatic hydroxyl groups is 2. The van der Waals surface area contributed by atoms with Gasteiger partial charge in [0.2, 0.25) is 0 Å². The van der Waals surface area contributed by atoms with Gasteiger partial charge in [-0.3, -0.25) is 0 Å². The molecule has 0 aliphatic rings. The van der Waals surface area contributed by atoms with Gasteiger partial charge in [-0.25, -0.2) is 0 Å². The number of benzene rings is 2. The van der Waals surface area contributed by atoms with E-state index in [0.29, 0.717) is 11.4 Å². The molecule has 0 fully saturated rings. The molecule has 0 heterocycles. The molecule has 0 amide bonds. The molecule has 7 N–H and O–H groups in total. The highest BCUT2D eigenvalue weighted by Gasteiger charge is 2.06. The van der Waals surface area contributed by atoms with Crippen LogP contribution in [0.25, 0.3) is 11.1 Å². The molecule has 5 heteroatoms. The zero-order valence-electron chi connectivity index (χ0n) is 11.1. The molecular formula is C15H19N3O2. The second-order valence-corrected chi connectivity index (χ2v) is 4.64. The van der Waals surface area contributed by atoms with E-state index in [-0.39, 0.29) is 13.2 Å². The minimum Gasteiger partial charge on any atom is -0.399 e. The van der Waals surface area contributed by atoms with E-state index in [1.807, 2.05) is 36.4 Å². The number of nitrogen functional groups attached to an aromatic ring is 2. The predicted molar refractivity (Wildman–Crippen MR) is 82.3 cm³/mol. The van der Waals surface area contributed by atoms with Crippen LogP contribution in [0.2, 0.25) is 0 Å². The minimum absolute atomic E-state index is 0.274. The minimum atomic E-state index is -0.789. The second kappa shape index (κ2) is 6.27. The van der Waals surface area contributed by atoms with Crippen molar-refractivity contribution < 1.29 is 10.2 Å². The number of hydrogen-bond acceptors (Lipinski definition) is 5. The van der Waals surface area contributed by atoms with Gasteiger partial charge in [0.1, 0.15) is 0 Å². The van der Waals surface area contributed by atoms with Gasteiger partial charge in [-0.1, -0.05) is 12.1 Å². The van der Waals surface area contributed by atoms with E-state index < -0.39 is 6.10 Å². The summed E-state index contributed by atoms with van der Waals surface area (Å²) in [6, 6.07) is 13.0. The van der Waals surface area contributed by atoms with Crippen LogP contribution in [0, 0.1) is 0 Å². The molecule has 0 radical (unpaired) electrons. The maximum absolute atomic E-state index is 9.34. The topological polar surface area (TPSA) is 105 Å². The quantitative estimate of drug-likeness (QED) is 0.528. The van der Waals surface area contributed by atoms with Gasteiger partial charge < -0.3 is 27.0 Å². The molecule has 1 atom stereocenters. The summed E-state index contributed by atoms with van der Waals surface area (Å²) in [5.41, 5.74) is 15.7. The molecule has 2 rings (SSSR count). The first kappa shape index (κ1) is 14.2. The number of rotatable bonds is 5. The Labute approximate surface area is 117 Å². The third-order valence-electron chi connectivity index (χ3n) is 3.00. The van der Waals surface area contributed by atoms with Gasteiger partial charge >= 0.3 is 0 Å². The number of nitrogens with two attached hydrogens (primary N) is 2. The largest absolute Gasteiger partial charge is 0.399 e. The summed E-state index contributed by atoms with van der Waals surface area (Å²) >= 11 is 0. The van der Waals surface area contributed by atoms with Crippen molar-refractivity contribution in [3.05, 3.63) is 42.5 Å². The molecule has 0 aromatic heterocycles. The van der Waals surface area contributed by atoms with Gasteiger partial charge in [0.15, 0.2) is 0 Å². The number of anilines is 3. The highest BCUT2D eigenvalue weighted by atomic mass is 16.3. The molecule has 0 aliphatic heterocycles. The summed E-state index contributed by atoms with van der Waals surface area (Å²) in [6.07, 6.45) is -0.789. The van der Waals surface area contributed by atoms with Crippen molar-refractivity contribution in [1.82, 2.24) is 0 Å². The Hall–Kier alpha value is -2.24. The lowest BCUT2D eigenvalue weighted by atomic mass is 10.0. The number of nitrogens with one attached hydrogen (secondary N) is 1. The highest BCUT2D eigenvalue weighted by molar-refractivity contribution is 5.81. The van der Waals surface area contributed by atoms with Gasteiger partial charge in [0, 0.05) is 29.2 Å². The summed E-state index contributed by atoms with van der Waals surface area (Å²) in [5.74, 6) is 0. The molecular weight excluding hydrogens is 254 g/mol. The van der Waals surface area contributed by atoms with Gasteiger partial charge in [0.05, 0.1) is 12.7 Å². The monoisotopic (exact) mass is 273 g/mol. The Kier molecular flexibility index (Phi) is 4.45. The van der Waals surface area contributed by atoms with Crippen LogP contribution in [0.4, 0.5) is 17.1 Å². The third kappa shape index (κ3) is 3.40. The lowest BCUT2D eigenvalue weighted by Gasteiger charge is -2.13. The second-order valence-electron chi connectivity index (χ2n) is 4.64. The molecule has 106 valence electrons. The van der Waals surface area contributed by atoms with Crippen molar-refractivity contribution in [2.24, 2.45) is 0 Å². The van der Waals surface area contributed by atoms with E-state index in [0.717, 1.165) is 16.8 Å². The fourth-order valence-corrected chi connectivity index (χ4v) is 1.92. The van der Waals surface area contributed by atoms with E-state index >= 15 is 0 Å². The Morgan fingerprint density at radius 1 is 1.10 bits per heavy atom. The molecule has 5 nitrogen and oxygen atoms in total. The first-order chi connectivity index (χ1) is 9.60. The van der Waals surface area contributed by atoms with Crippen LogP contribution in [0.15, 0.2) is 42.5 Å². The first-order valence-electron chi connectivity index (χ1n) is 6.38. The summed E-state index contributed by atoms with van der Waals surface area (Å²) in [6.45, 7) is 0.000828.